The van der Waals surface area contributed by atoms with E-state index in [0.717, 1.165) is 0 Å². The highest BCUT2D eigenvalue weighted by atomic mass is 35.5. The Kier molecular flexibility index (Phi) is 5.90. The van der Waals surface area contributed by atoms with Gasteiger partial charge in [0, 0.05) is 0 Å². The second-order valence-electron chi connectivity index (χ2n) is 6.40. The summed E-state index contributed by atoms with van der Waals surface area (Å²) in [5.41, 5.74) is 3.73. The van der Waals surface area contributed by atoms with Gasteiger partial charge >= 0.3 is 0 Å². The molecule has 0 saturated carbocycles. The van der Waals surface area contributed by atoms with Crippen LogP contribution in [0, 0.1) is 0 Å². The molecule has 0 atom stereocenters. The molecule has 2 amide bonds. The Morgan fingerprint density at radius 2 is 1.89 bits per heavy atom. The van der Waals surface area contributed by atoms with Gasteiger partial charge in [0.15, 0.2) is 11.5 Å². The predicted octanol–water partition coefficient (Wildman–Crippen LogP) is 3.99. The van der Waals surface area contributed by atoms with Crippen molar-refractivity contribution in [3.05, 3.63) is 58.6 Å². The number of amides is 2. The monoisotopic (exact) mass is 400 g/mol. The number of nitrogens with zero attached hydrogens (tertiary/aromatic N) is 1. The predicted molar refractivity (Wildman–Crippen MR) is 108 cm³/mol. The molecule has 0 radical (unpaired) electrons. The van der Waals surface area contributed by atoms with E-state index in [1.54, 1.807) is 36.4 Å². The normalized spacial score (nSPS) is 15.3. The number of carbonyl (C=O) groups excluding carboxylic acids is 2. The standard InChI is InChI=1S/C21H21ClN2O4/c1-4-27-18-12-14(11-17(22)19(18)28-13(2)3)10-16-20(25)23-24(21(16)26)15-8-6-5-7-9-15/h5-13H,4H2,1-3H3,(H,23,25)/b16-10-. The van der Waals surface area contributed by atoms with Crippen LogP contribution in [-0.4, -0.2) is 24.5 Å². The zero-order valence-electron chi connectivity index (χ0n) is 15.9. The molecule has 0 aliphatic carbocycles. The Hall–Kier alpha value is -2.99. The lowest BCUT2D eigenvalue weighted by atomic mass is 10.1. The van der Waals surface area contributed by atoms with Crippen molar-refractivity contribution in [2.45, 2.75) is 26.9 Å². The molecule has 1 aliphatic rings. The maximum absolute atomic E-state index is 12.7. The molecule has 1 aliphatic heterocycles. The summed E-state index contributed by atoms with van der Waals surface area (Å²) < 4.78 is 11.4. The summed E-state index contributed by atoms with van der Waals surface area (Å²) in [5, 5.41) is 1.56. The number of carbonyl (C=O) groups is 2. The highest BCUT2D eigenvalue weighted by Gasteiger charge is 2.34. The van der Waals surface area contributed by atoms with E-state index in [1.165, 1.54) is 11.1 Å². The minimum atomic E-state index is -0.481. The average Bonchev–Trinajstić information content (AvgIpc) is 2.93. The Balaban J connectivity index is 1.96. The minimum Gasteiger partial charge on any atom is -0.490 e. The molecular formula is C21H21ClN2O4. The van der Waals surface area contributed by atoms with Gasteiger partial charge in [0.25, 0.3) is 11.8 Å². The molecule has 2 aromatic rings. The van der Waals surface area contributed by atoms with E-state index < -0.39 is 11.8 Å². The summed E-state index contributed by atoms with van der Waals surface area (Å²) in [7, 11) is 0. The molecule has 0 aromatic heterocycles. The fraction of sp³-hybridized carbons (Fsp3) is 0.238. The molecule has 2 aromatic carbocycles. The van der Waals surface area contributed by atoms with E-state index in [-0.39, 0.29) is 11.7 Å². The van der Waals surface area contributed by atoms with Crippen LogP contribution in [0.3, 0.4) is 0 Å². The molecule has 1 saturated heterocycles. The highest BCUT2D eigenvalue weighted by molar-refractivity contribution is 6.33. The molecule has 0 bridgehead atoms. The summed E-state index contributed by atoms with van der Waals surface area (Å²) in [4.78, 5) is 25.1. The number of para-hydroxylation sites is 1. The van der Waals surface area contributed by atoms with Crippen LogP contribution < -0.4 is 19.9 Å². The number of hydrogen-bond acceptors (Lipinski definition) is 4. The van der Waals surface area contributed by atoms with E-state index >= 15 is 0 Å². The van der Waals surface area contributed by atoms with Crippen molar-refractivity contribution in [3.63, 3.8) is 0 Å². The number of rotatable bonds is 6. The fourth-order valence-electron chi connectivity index (χ4n) is 2.77. The van der Waals surface area contributed by atoms with Crippen LogP contribution in [0.15, 0.2) is 48.0 Å². The average molecular weight is 401 g/mol. The molecular weight excluding hydrogens is 380 g/mol. The summed E-state index contributed by atoms with van der Waals surface area (Å²) in [6.07, 6.45) is 1.41. The van der Waals surface area contributed by atoms with Crippen molar-refractivity contribution in [2.75, 3.05) is 11.6 Å². The van der Waals surface area contributed by atoms with Gasteiger partial charge in [0.1, 0.15) is 5.57 Å². The van der Waals surface area contributed by atoms with Crippen molar-refractivity contribution < 1.29 is 19.1 Å². The molecule has 1 fully saturated rings. The summed E-state index contributed by atoms with van der Waals surface area (Å²) in [6, 6.07) is 12.2. The van der Waals surface area contributed by atoms with Gasteiger partial charge in [-0.25, -0.2) is 5.01 Å². The number of ether oxygens (including phenoxy) is 2. The highest BCUT2D eigenvalue weighted by Crippen LogP contribution is 2.38. The van der Waals surface area contributed by atoms with Gasteiger partial charge in [0.05, 0.1) is 23.4 Å². The number of halogens is 1. The number of hydrazine groups is 1. The molecule has 1 N–H and O–H groups in total. The van der Waals surface area contributed by atoms with E-state index in [2.05, 4.69) is 5.43 Å². The van der Waals surface area contributed by atoms with E-state index in [0.29, 0.717) is 34.4 Å². The maximum atomic E-state index is 12.7. The quantitative estimate of drug-likeness (QED) is 0.588. The van der Waals surface area contributed by atoms with Crippen molar-refractivity contribution in [1.29, 1.82) is 0 Å². The lowest BCUT2D eigenvalue weighted by Crippen LogP contribution is -2.35. The third-order valence-corrected chi connectivity index (χ3v) is 4.18. The van der Waals surface area contributed by atoms with Gasteiger partial charge in [-0.05, 0) is 56.7 Å². The van der Waals surface area contributed by atoms with Gasteiger partial charge in [-0.3, -0.25) is 15.0 Å². The number of nitrogens with one attached hydrogen (secondary N) is 1. The summed E-state index contributed by atoms with van der Waals surface area (Å²) >= 11 is 6.37. The molecule has 0 unspecified atom stereocenters. The van der Waals surface area contributed by atoms with Crippen LogP contribution in [-0.2, 0) is 9.59 Å². The Morgan fingerprint density at radius 1 is 1.18 bits per heavy atom. The van der Waals surface area contributed by atoms with E-state index in [1.807, 2.05) is 26.8 Å². The van der Waals surface area contributed by atoms with Crippen LogP contribution in [0.1, 0.15) is 26.3 Å². The molecule has 7 heteroatoms. The zero-order valence-corrected chi connectivity index (χ0v) is 16.6. The Labute approximate surface area is 168 Å². The molecule has 0 spiro atoms. The number of anilines is 1. The molecule has 1 heterocycles. The van der Waals surface area contributed by atoms with E-state index in [4.69, 9.17) is 21.1 Å². The third-order valence-electron chi connectivity index (χ3n) is 3.90. The lowest BCUT2D eigenvalue weighted by Gasteiger charge is -2.16. The van der Waals surface area contributed by atoms with Crippen LogP contribution in [0.2, 0.25) is 5.02 Å². The largest absolute Gasteiger partial charge is 0.490 e. The van der Waals surface area contributed by atoms with Crippen LogP contribution in [0.25, 0.3) is 6.08 Å². The van der Waals surface area contributed by atoms with Gasteiger partial charge in [-0.1, -0.05) is 29.8 Å². The van der Waals surface area contributed by atoms with Gasteiger partial charge in [0.2, 0.25) is 0 Å². The topological polar surface area (TPSA) is 67.9 Å². The van der Waals surface area contributed by atoms with Crippen molar-refractivity contribution in [1.82, 2.24) is 5.43 Å². The molecule has 6 nitrogen and oxygen atoms in total. The number of hydrogen-bond donors (Lipinski definition) is 1. The van der Waals surface area contributed by atoms with E-state index in [9.17, 15) is 9.59 Å². The first kappa shape index (κ1) is 19.8. The second kappa shape index (κ2) is 8.35. The fourth-order valence-corrected chi connectivity index (χ4v) is 3.03. The van der Waals surface area contributed by atoms with Crippen LogP contribution in [0.5, 0.6) is 11.5 Å². The second-order valence-corrected chi connectivity index (χ2v) is 6.81. The van der Waals surface area contributed by atoms with Crippen molar-refractivity contribution in [2.24, 2.45) is 0 Å². The maximum Gasteiger partial charge on any atom is 0.282 e. The van der Waals surface area contributed by atoms with Crippen LogP contribution >= 0.6 is 11.6 Å². The SMILES string of the molecule is CCOc1cc(/C=C2/C(=O)NN(c3ccccc3)C2=O)cc(Cl)c1OC(C)C. The summed E-state index contributed by atoms with van der Waals surface area (Å²) in [5.74, 6) is -0.0201. The Bertz CT molecular complexity index is 926. The van der Waals surface area contributed by atoms with Gasteiger partial charge in [-0.15, -0.1) is 0 Å². The third kappa shape index (κ3) is 4.12. The van der Waals surface area contributed by atoms with Crippen molar-refractivity contribution in [3.8, 4) is 11.5 Å². The first-order valence-electron chi connectivity index (χ1n) is 8.96. The lowest BCUT2D eigenvalue weighted by molar-refractivity contribution is -0.117. The Morgan fingerprint density at radius 3 is 2.54 bits per heavy atom. The van der Waals surface area contributed by atoms with Gasteiger partial charge < -0.3 is 9.47 Å². The zero-order chi connectivity index (χ0) is 20.3. The van der Waals surface area contributed by atoms with Crippen molar-refractivity contribution >= 4 is 35.2 Å². The smallest absolute Gasteiger partial charge is 0.282 e. The van der Waals surface area contributed by atoms with Crippen LogP contribution in [0.4, 0.5) is 5.69 Å². The first-order valence-corrected chi connectivity index (χ1v) is 9.33. The van der Waals surface area contributed by atoms with Gasteiger partial charge in [-0.2, -0.15) is 0 Å². The molecule has 146 valence electrons. The summed E-state index contributed by atoms with van der Waals surface area (Å²) in [6.45, 7) is 6.05. The molecule has 28 heavy (non-hydrogen) atoms. The molecule has 3 rings (SSSR count). The first-order chi connectivity index (χ1) is 13.4. The minimum absolute atomic E-state index is 0.0138. The number of benzene rings is 2.